The molecule has 1 atom stereocenters. The first-order chi connectivity index (χ1) is 14.6. The molecule has 0 aliphatic carbocycles. The highest BCUT2D eigenvalue weighted by Gasteiger charge is 2.41. The number of likely N-dealkylation sites (tertiary alicyclic amines) is 1. The molecule has 0 bridgehead atoms. The van der Waals surface area contributed by atoms with Crippen LogP contribution in [0.25, 0.3) is 0 Å². The van der Waals surface area contributed by atoms with E-state index >= 15 is 0 Å². The molecule has 2 aromatic rings. The smallest absolute Gasteiger partial charge is 0.436 e. The molecule has 0 amide bonds. The summed E-state index contributed by atoms with van der Waals surface area (Å²) in [6, 6.07) is 6.35. The van der Waals surface area contributed by atoms with Crippen molar-refractivity contribution in [2.75, 3.05) is 19.6 Å². The molecule has 168 valence electrons. The average molecular weight is 440 g/mol. The van der Waals surface area contributed by atoms with Crippen LogP contribution in [0.15, 0.2) is 30.5 Å². The van der Waals surface area contributed by atoms with E-state index in [1.165, 1.54) is 18.3 Å². The van der Waals surface area contributed by atoms with Crippen LogP contribution in [0, 0.1) is 16.0 Å². The van der Waals surface area contributed by atoms with Gasteiger partial charge < -0.3 is 19.6 Å². The fourth-order valence-corrected chi connectivity index (χ4v) is 4.35. The van der Waals surface area contributed by atoms with Crippen molar-refractivity contribution >= 4 is 5.82 Å². The van der Waals surface area contributed by atoms with E-state index in [1.807, 2.05) is 6.92 Å². The zero-order valence-corrected chi connectivity index (χ0v) is 17.0. The Labute approximate surface area is 176 Å². The average Bonchev–Trinajstić information content (AvgIpc) is 3.19. The maximum absolute atomic E-state index is 12.3. The molecule has 1 aromatic carbocycles. The molecule has 1 aromatic heterocycles. The number of ether oxygens (including phenoxy) is 2. The van der Waals surface area contributed by atoms with Gasteiger partial charge in [-0.3, -0.25) is 9.47 Å². The second-order valence-electron chi connectivity index (χ2n) is 8.43. The number of aromatic nitrogens is 2. The van der Waals surface area contributed by atoms with Crippen LogP contribution in [-0.4, -0.2) is 51.0 Å². The van der Waals surface area contributed by atoms with Crippen LogP contribution >= 0.6 is 0 Å². The van der Waals surface area contributed by atoms with Gasteiger partial charge in [0.1, 0.15) is 17.5 Å². The predicted octanol–water partition coefficient (Wildman–Crippen LogP) is 3.80. The minimum Gasteiger partial charge on any atom is -0.436 e. The summed E-state index contributed by atoms with van der Waals surface area (Å²) in [6.07, 6.45) is -0.508. The second kappa shape index (κ2) is 8.03. The molecule has 1 saturated heterocycles. The van der Waals surface area contributed by atoms with Gasteiger partial charge in [0, 0.05) is 11.5 Å². The van der Waals surface area contributed by atoms with Crippen molar-refractivity contribution in [2.45, 2.75) is 44.7 Å². The van der Waals surface area contributed by atoms with Gasteiger partial charge in [-0.25, -0.2) is 0 Å². The molecule has 2 aliphatic heterocycles. The van der Waals surface area contributed by atoms with Gasteiger partial charge in [0.15, 0.2) is 0 Å². The Morgan fingerprint density at radius 3 is 2.55 bits per heavy atom. The van der Waals surface area contributed by atoms with E-state index in [0.29, 0.717) is 19.0 Å². The van der Waals surface area contributed by atoms with Crippen LogP contribution in [0.4, 0.5) is 19.0 Å². The SMILES string of the molecule is C[C@]1(CN2CCC(Cc3ccc(OC(F)(F)F)cc3)CC2)Cn2cc([N+](=O)[O-])nc2O1. The molecule has 3 heterocycles. The molecule has 0 N–H and O–H groups in total. The van der Waals surface area contributed by atoms with E-state index in [0.717, 1.165) is 37.9 Å². The Morgan fingerprint density at radius 1 is 1.29 bits per heavy atom. The summed E-state index contributed by atoms with van der Waals surface area (Å²) < 4.78 is 48.3. The zero-order chi connectivity index (χ0) is 22.2. The number of nitrogens with zero attached hydrogens (tertiary/aromatic N) is 4. The Balaban J connectivity index is 1.24. The molecule has 11 heteroatoms. The monoisotopic (exact) mass is 440 g/mol. The molecule has 0 spiro atoms. The van der Waals surface area contributed by atoms with Gasteiger partial charge in [-0.05, 0) is 67.8 Å². The number of rotatable bonds is 6. The van der Waals surface area contributed by atoms with Crippen LogP contribution in [0.1, 0.15) is 25.3 Å². The zero-order valence-electron chi connectivity index (χ0n) is 17.0. The Kier molecular flexibility index (Phi) is 5.54. The lowest BCUT2D eigenvalue weighted by molar-refractivity contribution is -0.389. The van der Waals surface area contributed by atoms with E-state index in [1.54, 1.807) is 16.7 Å². The molecular formula is C20H23F3N4O4. The third-order valence-electron chi connectivity index (χ3n) is 5.70. The van der Waals surface area contributed by atoms with E-state index in [2.05, 4.69) is 14.6 Å². The topological polar surface area (TPSA) is 82.7 Å². The highest BCUT2D eigenvalue weighted by atomic mass is 19.4. The molecule has 0 unspecified atom stereocenters. The van der Waals surface area contributed by atoms with E-state index in [4.69, 9.17) is 4.74 Å². The number of benzene rings is 1. The summed E-state index contributed by atoms with van der Waals surface area (Å²) in [4.78, 5) is 16.5. The molecule has 0 radical (unpaired) electrons. The Morgan fingerprint density at radius 2 is 1.97 bits per heavy atom. The number of alkyl halides is 3. The minimum atomic E-state index is -4.68. The highest BCUT2D eigenvalue weighted by molar-refractivity contribution is 5.28. The Bertz CT molecular complexity index is 913. The van der Waals surface area contributed by atoms with E-state index in [9.17, 15) is 23.3 Å². The number of imidazole rings is 1. The lowest BCUT2D eigenvalue weighted by atomic mass is 9.89. The minimum absolute atomic E-state index is 0.207. The van der Waals surface area contributed by atoms with E-state index < -0.39 is 16.9 Å². The van der Waals surface area contributed by atoms with Gasteiger partial charge in [0.05, 0.1) is 6.54 Å². The Hall–Kier alpha value is -2.82. The first kappa shape index (κ1) is 21.4. The summed E-state index contributed by atoms with van der Waals surface area (Å²) in [5.74, 6) is 0.0399. The number of nitro groups is 1. The van der Waals surface area contributed by atoms with Gasteiger partial charge in [-0.1, -0.05) is 12.1 Å². The fourth-order valence-electron chi connectivity index (χ4n) is 4.35. The molecule has 4 rings (SSSR count). The van der Waals surface area contributed by atoms with Crippen LogP contribution in [-0.2, 0) is 13.0 Å². The van der Waals surface area contributed by atoms with Gasteiger partial charge >= 0.3 is 18.2 Å². The van der Waals surface area contributed by atoms with Crippen LogP contribution in [0.3, 0.4) is 0 Å². The van der Waals surface area contributed by atoms with Crippen LogP contribution in [0.2, 0.25) is 0 Å². The first-order valence-electron chi connectivity index (χ1n) is 10.1. The number of halogens is 3. The molecule has 31 heavy (non-hydrogen) atoms. The van der Waals surface area contributed by atoms with Crippen molar-refractivity contribution in [1.29, 1.82) is 0 Å². The normalized spacial score (nSPS) is 22.2. The van der Waals surface area contributed by atoms with Crippen molar-refractivity contribution in [3.05, 3.63) is 46.1 Å². The third-order valence-corrected chi connectivity index (χ3v) is 5.70. The van der Waals surface area contributed by atoms with Crippen molar-refractivity contribution in [3.63, 3.8) is 0 Å². The number of fused-ring (bicyclic) bond motifs is 1. The van der Waals surface area contributed by atoms with Crippen molar-refractivity contribution < 1.29 is 27.6 Å². The summed E-state index contributed by atoms with van der Waals surface area (Å²) in [5.41, 5.74) is 0.504. The number of piperidine rings is 1. The largest absolute Gasteiger partial charge is 0.573 e. The first-order valence-corrected chi connectivity index (χ1v) is 10.1. The molecule has 1 fully saturated rings. The maximum Gasteiger partial charge on any atom is 0.573 e. The third kappa shape index (κ3) is 5.27. The van der Waals surface area contributed by atoms with Crippen LogP contribution < -0.4 is 9.47 Å². The number of hydrogen-bond acceptors (Lipinski definition) is 6. The lowest BCUT2D eigenvalue weighted by Crippen LogP contribution is -2.47. The van der Waals surface area contributed by atoms with Crippen LogP contribution in [0.5, 0.6) is 11.8 Å². The summed E-state index contributed by atoms with van der Waals surface area (Å²) >= 11 is 0. The summed E-state index contributed by atoms with van der Waals surface area (Å²) in [6.45, 7) is 4.96. The summed E-state index contributed by atoms with van der Waals surface area (Å²) in [5, 5.41) is 10.8. The predicted molar refractivity (Wildman–Crippen MR) is 104 cm³/mol. The molecule has 2 aliphatic rings. The quantitative estimate of drug-likeness (QED) is 0.502. The molecular weight excluding hydrogens is 417 g/mol. The second-order valence-corrected chi connectivity index (χ2v) is 8.43. The van der Waals surface area contributed by atoms with Gasteiger partial charge in [0.2, 0.25) is 0 Å². The van der Waals surface area contributed by atoms with Gasteiger partial charge in [-0.2, -0.15) is 0 Å². The number of hydrogen-bond donors (Lipinski definition) is 0. The fraction of sp³-hybridized carbons (Fsp3) is 0.550. The van der Waals surface area contributed by atoms with Crippen molar-refractivity contribution in [3.8, 4) is 11.8 Å². The van der Waals surface area contributed by atoms with Crippen molar-refractivity contribution in [2.24, 2.45) is 5.92 Å². The van der Waals surface area contributed by atoms with Gasteiger partial charge in [0.25, 0.3) is 0 Å². The standard InChI is InChI=1S/C20H23F3N4O4/c1-19(13-26-11-17(27(28)29)24-18(26)31-19)12-25-8-6-15(7-9-25)10-14-2-4-16(5-3-14)30-20(21,22)23/h2-5,11,15H,6-10,12-13H2,1H3/t19-/m0/s1. The van der Waals surface area contributed by atoms with E-state index in [-0.39, 0.29) is 17.6 Å². The highest BCUT2D eigenvalue weighted by Crippen LogP contribution is 2.33. The molecule has 0 saturated carbocycles. The maximum atomic E-state index is 12.3. The molecule has 8 nitrogen and oxygen atoms in total. The van der Waals surface area contributed by atoms with Gasteiger partial charge in [-0.15, -0.1) is 13.2 Å². The lowest BCUT2D eigenvalue weighted by Gasteiger charge is -2.36. The summed E-state index contributed by atoms with van der Waals surface area (Å²) in [7, 11) is 0. The van der Waals surface area contributed by atoms with Crippen molar-refractivity contribution in [1.82, 2.24) is 14.5 Å².